The van der Waals surface area contributed by atoms with E-state index in [-0.39, 0.29) is 0 Å². The van der Waals surface area contributed by atoms with Crippen molar-refractivity contribution >= 4 is 17.0 Å². The summed E-state index contributed by atoms with van der Waals surface area (Å²) in [5.41, 5.74) is 9.06. The lowest BCUT2D eigenvalue weighted by Crippen LogP contribution is -2.08. The first kappa shape index (κ1) is 13.5. The molecule has 0 atom stereocenters. The quantitative estimate of drug-likeness (QED) is 0.778. The molecule has 2 heterocycles. The molecule has 0 unspecified atom stereocenters. The van der Waals surface area contributed by atoms with E-state index in [1.165, 1.54) is 0 Å². The molecule has 0 saturated heterocycles. The van der Waals surface area contributed by atoms with Crippen LogP contribution in [0.2, 0.25) is 0 Å². The number of fused-ring (bicyclic) bond motifs is 1. The van der Waals surface area contributed by atoms with Gasteiger partial charge in [0.15, 0.2) is 0 Å². The van der Waals surface area contributed by atoms with Gasteiger partial charge in [-0.25, -0.2) is 4.98 Å². The Labute approximate surface area is 123 Å². The van der Waals surface area contributed by atoms with Crippen LogP contribution in [0.5, 0.6) is 5.75 Å². The Balaban J connectivity index is 1.93. The lowest BCUT2D eigenvalue weighted by Gasteiger charge is -2.07. The fraction of sp³-hybridized carbons (Fsp3) is 0.333. The van der Waals surface area contributed by atoms with Gasteiger partial charge in [0.2, 0.25) is 5.95 Å². The van der Waals surface area contributed by atoms with Gasteiger partial charge in [-0.05, 0) is 25.1 Å². The second-order valence-corrected chi connectivity index (χ2v) is 4.87. The van der Waals surface area contributed by atoms with Crippen LogP contribution in [-0.4, -0.2) is 25.9 Å². The molecule has 3 aromatic rings. The summed E-state index contributed by atoms with van der Waals surface area (Å²) < 4.78 is 9.51. The number of aryl methyl sites for hydroxylation is 3. The molecule has 0 aliphatic heterocycles. The molecule has 2 aromatic heterocycles. The van der Waals surface area contributed by atoms with Crippen LogP contribution in [0, 0.1) is 0 Å². The Morgan fingerprint density at radius 1 is 1.29 bits per heavy atom. The first-order valence-electron chi connectivity index (χ1n) is 7.05. The van der Waals surface area contributed by atoms with E-state index in [1.807, 2.05) is 47.5 Å². The molecule has 1 aromatic carbocycles. The summed E-state index contributed by atoms with van der Waals surface area (Å²) in [6.45, 7) is 3.33. The van der Waals surface area contributed by atoms with E-state index in [0.29, 0.717) is 12.6 Å². The molecule has 2 N–H and O–H groups in total. The van der Waals surface area contributed by atoms with E-state index >= 15 is 0 Å². The van der Waals surface area contributed by atoms with Gasteiger partial charge in [0.05, 0.1) is 12.1 Å². The molecular formula is C15H19N5O. The van der Waals surface area contributed by atoms with Crippen molar-refractivity contribution in [2.24, 2.45) is 7.05 Å². The van der Waals surface area contributed by atoms with Gasteiger partial charge in [0.25, 0.3) is 0 Å². The van der Waals surface area contributed by atoms with Crippen LogP contribution in [0.25, 0.3) is 11.0 Å². The van der Waals surface area contributed by atoms with Gasteiger partial charge in [0, 0.05) is 31.9 Å². The van der Waals surface area contributed by atoms with Crippen molar-refractivity contribution in [3.8, 4) is 5.75 Å². The molecule has 21 heavy (non-hydrogen) atoms. The zero-order valence-electron chi connectivity index (χ0n) is 12.3. The Morgan fingerprint density at radius 3 is 2.86 bits per heavy atom. The van der Waals surface area contributed by atoms with E-state index in [2.05, 4.69) is 10.1 Å². The van der Waals surface area contributed by atoms with E-state index in [0.717, 1.165) is 35.4 Å². The standard InChI is InChI=1S/C15H19N5O/c1-3-21-13-6-4-5-12-14(13)18-15(16)20(12)10-8-11-7-9-17-19(11)2/h4-7,9H,3,8,10H2,1-2H3,(H2,16,18). The maximum Gasteiger partial charge on any atom is 0.201 e. The lowest BCUT2D eigenvalue weighted by atomic mass is 10.2. The second kappa shape index (κ2) is 5.47. The van der Waals surface area contributed by atoms with Crippen molar-refractivity contribution in [1.29, 1.82) is 0 Å². The SMILES string of the molecule is CCOc1cccc2c1nc(N)n2CCc1ccnn1C. The third kappa shape index (κ3) is 2.44. The molecule has 0 amide bonds. The molecule has 0 bridgehead atoms. The second-order valence-electron chi connectivity index (χ2n) is 4.87. The van der Waals surface area contributed by atoms with Crippen LogP contribution in [0.15, 0.2) is 30.5 Å². The van der Waals surface area contributed by atoms with Crippen LogP contribution in [-0.2, 0) is 20.0 Å². The number of imidazole rings is 1. The summed E-state index contributed by atoms with van der Waals surface area (Å²) in [6.07, 6.45) is 2.66. The minimum absolute atomic E-state index is 0.513. The highest BCUT2D eigenvalue weighted by Crippen LogP contribution is 2.27. The monoisotopic (exact) mass is 285 g/mol. The zero-order chi connectivity index (χ0) is 14.8. The summed E-state index contributed by atoms with van der Waals surface area (Å²) in [6, 6.07) is 7.92. The predicted octanol–water partition coefficient (Wildman–Crippen LogP) is 1.99. The summed E-state index contributed by atoms with van der Waals surface area (Å²) >= 11 is 0. The minimum Gasteiger partial charge on any atom is -0.492 e. The summed E-state index contributed by atoms with van der Waals surface area (Å²) in [5.74, 6) is 1.29. The highest BCUT2D eigenvalue weighted by molar-refractivity contribution is 5.84. The smallest absolute Gasteiger partial charge is 0.201 e. The topological polar surface area (TPSA) is 70.9 Å². The van der Waals surface area contributed by atoms with Crippen molar-refractivity contribution in [2.45, 2.75) is 19.9 Å². The van der Waals surface area contributed by atoms with Crippen molar-refractivity contribution in [2.75, 3.05) is 12.3 Å². The molecule has 0 aliphatic rings. The van der Waals surface area contributed by atoms with Gasteiger partial charge in [-0.1, -0.05) is 6.07 Å². The normalized spacial score (nSPS) is 11.1. The molecule has 3 rings (SSSR count). The first-order chi connectivity index (χ1) is 10.2. The Bertz CT molecular complexity index is 759. The van der Waals surface area contributed by atoms with E-state index in [4.69, 9.17) is 10.5 Å². The lowest BCUT2D eigenvalue weighted by molar-refractivity contribution is 0.343. The number of hydrogen-bond acceptors (Lipinski definition) is 4. The van der Waals surface area contributed by atoms with Crippen molar-refractivity contribution in [1.82, 2.24) is 19.3 Å². The van der Waals surface area contributed by atoms with Gasteiger partial charge in [-0.15, -0.1) is 0 Å². The van der Waals surface area contributed by atoms with Gasteiger partial charge in [-0.2, -0.15) is 5.10 Å². The molecule has 0 radical (unpaired) electrons. The third-order valence-electron chi connectivity index (χ3n) is 3.59. The van der Waals surface area contributed by atoms with Gasteiger partial charge in [0.1, 0.15) is 11.3 Å². The van der Waals surface area contributed by atoms with Crippen molar-refractivity contribution in [3.05, 3.63) is 36.2 Å². The zero-order valence-corrected chi connectivity index (χ0v) is 12.3. The number of benzene rings is 1. The maximum atomic E-state index is 6.07. The van der Waals surface area contributed by atoms with Crippen LogP contribution in [0.3, 0.4) is 0 Å². The number of hydrogen-bond donors (Lipinski definition) is 1. The molecular weight excluding hydrogens is 266 g/mol. The average Bonchev–Trinajstić information content (AvgIpc) is 3.01. The fourth-order valence-corrected chi connectivity index (χ4v) is 2.52. The molecule has 0 saturated carbocycles. The molecule has 6 nitrogen and oxygen atoms in total. The van der Waals surface area contributed by atoms with E-state index in [9.17, 15) is 0 Å². The Kier molecular flexibility index (Phi) is 3.51. The molecule has 6 heteroatoms. The van der Waals surface area contributed by atoms with Crippen LogP contribution >= 0.6 is 0 Å². The third-order valence-corrected chi connectivity index (χ3v) is 3.59. The van der Waals surface area contributed by atoms with Crippen LogP contribution < -0.4 is 10.5 Å². The molecule has 0 fully saturated rings. The number of rotatable bonds is 5. The maximum absolute atomic E-state index is 6.07. The summed E-state index contributed by atoms with van der Waals surface area (Å²) in [4.78, 5) is 4.45. The fourth-order valence-electron chi connectivity index (χ4n) is 2.52. The summed E-state index contributed by atoms with van der Waals surface area (Å²) in [7, 11) is 1.94. The number of anilines is 1. The van der Waals surface area contributed by atoms with E-state index < -0.39 is 0 Å². The number of nitrogen functional groups attached to an aromatic ring is 1. The highest BCUT2D eigenvalue weighted by Gasteiger charge is 2.12. The predicted molar refractivity (Wildman–Crippen MR) is 82.2 cm³/mol. The van der Waals surface area contributed by atoms with Gasteiger partial charge >= 0.3 is 0 Å². The summed E-state index contributed by atoms with van der Waals surface area (Å²) in [5, 5.41) is 4.18. The highest BCUT2D eigenvalue weighted by atomic mass is 16.5. The largest absolute Gasteiger partial charge is 0.492 e. The van der Waals surface area contributed by atoms with Crippen LogP contribution in [0.1, 0.15) is 12.6 Å². The molecule has 0 aliphatic carbocycles. The average molecular weight is 285 g/mol. The van der Waals surface area contributed by atoms with Crippen molar-refractivity contribution in [3.63, 3.8) is 0 Å². The van der Waals surface area contributed by atoms with E-state index in [1.54, 1.807) is 6.20 Å². The van der Waals surface area contributed by atoms with Gasteiger partial charge in [-0.3, -0.25) is 4.68 Å². The minimum atomic E-state index is 0.513. The van der Waals surface area contributed by atoms with Gasteiger partial charge < -0.3 is 15.0 Å². The van der Waals surface area contributed by atoms with Crippen molar-refractivity contribution < 1.29 is 4.74 Å². The Hall–Kier alpha value is -2.50. The number of para-hydroxylation sites is 1. The van der Waals surface area contributed by atoms with Crippen LogP contribution in [0.4, 0.5) is 5.95 Å². The molecule has 110 valence electrons. The molecule has 0 spiro atoms. The number of aromatic nitrogens is 4. The number of ether oxygens (including phenoxy) is 1. The number of nitrogens with zero attached hydrogens (tertiary/aromatic N) is 4. The first-order valence-corrected chi connectivity index (χ1v) is 7.05. The number of nitrogens with two attached hydrogens (primary N) is 1. The Morgan fingerprint density at radius 2 is 2.14 bits per heavy atom.